The molecule has 0 fully saturated rings. The van der Waals surface area contributed by atoms with Crippen molar-refractivity contribution in [2.75, 3.05) is 0 Å². The highest BCUT2D eigenvalue weighted by Gasteiger charge is 2.15. The molecule has 0 aliphatic rings. The van der Waals surface area contributed by atoms with E-state index in [1.54, 1.807) is 0 Å². The van der Waals surface area contributed by atoms with Crippen LogP contribution in [0, 0.1) is 0 Å². The van der Waals surface area contributed by atoms with Gasteiger partial charge in [-0.05, 0) is 11.6 Å². The molecule has 0 saturated heterocycles. The number of benzene rings is 2. The molecule has 0 aromatic heterocycles. The molecule has 19 heavy (non-hydrogen) atoms. The molecule has 0 atom stereocenters. The third-order valence-corrected chi connectivity index (χ3v) is 2.80. The maximum Gasteiger partial charge on any atom is 0.342 e. The van der Waals surface area contributed by atoms with E-state index in [4.69, 9.17) is 16.3 Å². The Bertz CT molecular complexity index is 596. The number of hydrogen-bond donors (Lipinski definition) is 2. The average Bonchev–Trinajstić information content (AvgIpc) is 2.41. The summed E-state index contributed by atoms with van der Waals surface area (Å²) in [6.07, 6.45) is 0. The van der Waals surface area contributed by atoms with Crippen molar-refractivity contribution in [1.29, 1.82) is 0 Å². The first kappa shape index (κ1) is 13.2. The average molecular weight is 279 g/mol. The number of phenolic OH excluding ortho intramolecular Hbond substituents is 2. The standard InChI is InChI=1S/C14H11ClO4/c15-11-6-10(12(16)7-13(11)17)14(18)19-8-9-4-2-1-3-5-9/h1-7,16-17H,8H2. The lowest BCUT2D eigenvalue weighted by Gasteiger charge is -2.07. The van der Waals surface area contributed by atoms with Crippen molar-refractivity contribution in [3.05, 3.63) is 58.6 Å². The van der Waals surface area contributed by atoms with Gasteiger partial charge in [-0.3, -0.25) is 0 Å². The monoisotopic (exact) mass is 278 g/mol. The van der Waals surface area contributed by atoms with Crippen LogP contribution in [0.25, 0.3) is 0 Å². The Morgan fingerprint density at radius 2 is 1.79 bits per heavy atom. The van der Waals surface area contributed by atoms with Crippen LogP contribution in [-0.4, -0.2) is 16.2 Å². The van der Waals surface area contributed by atoms with Crippen LogP contribution < -0.4 is 0 Å². The SMILES string of the molecule is O=C(OCc1ccccc1)c1cc(Cl)c(O)cc1O. The number of carbonyl (C=O) groups excluding carboxylic acids is 1. The molecule has 0 aliphatic carbocycles. The van der Waals surface area contributed by atoms with Gasteiger partial charge in [0.2, 0.25) is 0 Å². The van der Waals surface area contributed by atoms with E-state index >= 15 is 0 Å². The van der Waals surface area contributed by atoms with Crippen molar-refractivity contribution in [3.8, 4) is 11.5 Å². The van der Waals surface area contributed by atoms with E-state index in [0.29, 0.717) is 0 Å². The van der Waals surface area contributed by atoms with Crippen LogP contribution in [0.4, 0.5) is 0 Å². The van der Waals surface area contributed by atoms with Crippen molar-refractivity contribution in [3.63, 3.8) is 0 Å². The molecule has 0 heterocycles. The number of halogens is 1. The van der Waals surface area contributed by atoms with Gasteiger partial charge in [0.05, 0.1) is 5.02 Å². The number of carbonyl (C=O) groups is 1. The lowest BCUT2D eigenvalue weighted by Crippen LogP contribution is -2.05. The number of aromatic hydroxyl groups is 2. The zero-order valence-electron chi connectivity index (χ0n) is 9.84. The van der Waals surface area contributed by atoms with E-state index in [1.807, 2.05) is 30.3 Å². The van der Waals surface area contributed by atoms with Crippen LogP contribution in [0.3, 0.4) is 0 Å². The third-order valence-electron chi connectivity index (χ3n) is 2.50. The molecular formula is C14H11ClO4. The number of ether oxygens (including phenoxy) is 1. The smallest absolute Gasteiger partial charge is 0.342 e. The zero-order valence-corrected chi connectivity index (χ0v) is 10.6. The zero-order chi connectivity index (χ0) is 13.8. The molecule has 0 spiro atoms. The first-order valence-corrected chi connectivity index (χ1v) is 5.88. The van der Waals surface area contributed by atoms with Gasteiger partial charge in [0.15, 0.2) is 0 Å². The molecule has 0 unspecified atom stereocenters. The molecule has 2 N–H and O–H groups in total. The van der Waals surface area contributed by atoms with E-state index in [9.17, 15) is 15.0 Å². The predicted molar refractivity (Wildman–Crippen MR) is 70.3 cm³/mol. The second-order valence-corrected chi connectivity index (χ2v) is 4.29. The Hall–Kier alpha value is -2.20. The molecule has 98 valence electrons. The molecule has 4 nitrogen and oxygen atoms in total. The minimum absolute atomic E-state index is 0.0236. The van der Waals surface area contributed by atoms with Crippen LogP contribution in [0.2, 0.25) is 5.02 Å². The van der Waals surface area contributed by atoms with Gasteiger partial charge in [-0.15, -0.1) is 0 Å². The summed E-state index contributed by atoms with van der Waals surface area (Å²) < 4.78 is 5.05. The van der Waals surface area contributed by atoms with Gasteiger partial charge in [0.1, 0.15) is 23.7 Å². The van der Waals surface area contributed by atoms with Gasteiger partial charge in [-0.25, -0.2) is 4.79 Å². The van der Waals surface area contributed by atoms with E-state index < -0.39 is 5.97 Å². The normalized spacial score (nSPS) is 10.2. The topological polar surface area (TPSA) is 66.8 Å². The van der Waals surface area contributed by atoms with Crippen molar-refractivity contribution in [2.45, 2.75) is 6.61 Å². The number of phenols is 2. The van der Waals surface area contributed by atoms with Gasteiger partial charge in [-0.1, -0.05) is 41.9 Å². The summed E-state index contributed by atoms with van der Waals surface area (Å²) in [7, 11) is 0. The van der Waals surface area contributed by atoms with Crippen LogP contribution in [0.5, 0.6) is 11.5 Å². The Balaban J connectivity index is 2.10. The highest BCUT2D eigenvalue weighted by Crippen LogP contribution is 2.31. The predicted octanol–water partition coefficient (Wildman–Crippen LogP) is 3.11. The highest BCUT2D eigenvalue weighted by molar-refractivity contribution is 6.32. The molecule has 0 radical (unpaired) electrons. The molecule has 0 aliphatic heterocycles. The summed E-state index contributed by atoms with van der Waals surface area (Å²) in [6, 6.07) is 11.3. The molecule has 0 saturated carbocycles. The van der Waals surface area contributed by atoms with E-state index in [2.05, 4.69) is 0 Å². The summed E-state index contributed by atoms with van der Waals surface area (Å²) in [5.41, 5.74) is 0.749. The second kappa shape index (κ2) is 5.63. The van der Waals surface area contributed by atoms with Gasteiger partial charge in [0.25, 0.3) is 0 Å². The minimum atomic E-state index is -0.705. The van der Waals surface area contributed by atoms with Crippen LogP contribution >= 0.6 is 11.6 Å². The fourth-order valence-electron chi connectivity index (χ4n) is 1.52. The highest BCUT2D eigenvalue weighted by atomic mass is 35.5. The molecule has 0 amide bonds. The van der Waals surface area contributed by atoms with Crippen LogP contribution in [-0.2, 0) is 11.3 Å². The third kappa shape index (κ3) is 3.17. The summed E-state index contributed by atoms with van der Waals surface area (Å²) in [5, 5.41) is 18.8. The first-order chi connectivity index (χ1) is 9.08. The Labute approximate surface area is 114 Å². The van der Waals surface area contributed by atoms with E-state index in [0.717, 1.165) is 11.6 Å². The lowest BCUT2D eigenvalue weighted by molar-refractivity contribution is 0.0469. The quantitative estimate of drug-likeness (QED) is 0.847. The molecule has 0 bridgehead atoms. The fraction of sp³-hybridized carbons (Fsp3) is 0.0714. The molecule has 2 aromatic rings. The van der Waals surface area contributed by atoms with Crippen LogP contribution in [0.1, 0.15) is 15.9 Å². The summed E-state index contributed by atoms with van der Waals surface area (Å²) in [6.45, 7) is 0.0949. The van der Waals surface area contributed by atoms with Crippen molar-refractivity contribution in [1.82, 2.24) is 0 Å². The second-order valence-electron chi connectivity index (χ2n) is 3.88. The van der Waals surface area contributed by atoms with Crippen molar-refractivity contribution < 1.29 is 19.7 Å². The molecule has 2 aromatic carbocycles. The van der Waals surface area contributed by atoms with E-state index in [1.165, 1.54) is 6.07 Å². The largest absolute Gasteiger partial charge is 0.507 e. The maximum atomic E-state index is 11.8. The number of rotatable bonds is 3. The summed E-state index contributed by atoms with van der Waals surface area (Å²) in [4.78, 5) is 11.8. The van der Waals surface area contributed by atoms with Crippen molar-refractivity contribution in [2.24, 2.45) is 0 Å². The lowest BCUT2D eigenvalue weighted by atomic mass is 10.2. The van der Waals surface area contributed by atoms with Crippen molar-refractivity contribution >= 4 is 17.6 Å². The fourth-order valence-corrected chi connectivity index (χ4v) is 1.68. The summed E-state index contributed by atoms with van der Waals surface area (Å²) in [5.74, 6) is -1.37. The molecule has 2 rings (SSSR count). The minimum Gasteiger partial charge on any atom is -0.507 e. The summed E-state index contributed by atoms with van der Waals surface area (Å²) >= 11 is 5.68. The van der Waals surface area contributed by atoms with Gasteiger partial charge < -0.3 is 14.9 Å². The van der Waals surface area contributed by atoms with E-state index in [-0.39, 0.29) is 28.7 Å². The Kier molecular flexibility index (Phi) is 3.92. The number of hydrogen-bond acceptors (Lipinski definition) is 4. The Morgan fingerprint density at radius 3 is 2.47 bits per heavy atom. The van der Waals surface area contributed by atoms with Crippen LogP contribution in [0.15, 0.2) is 42.5 Å². The number of esters is 1. The Morgan fingerprint density at radius 1 is 1.11 bits per heavy atom. The van der Waals surface area contributed by atoms with Gasteiger partial charge in [0, 0.05) is 6.07 Å². The molecule has 5 heteroatoms. The maximum absolute atomic E-state index is 11.8. The first-order valence-electron chi connectivity index (χ1n) is 5.50. The van der Waals surface area contributed by atoms with Gasteiger partial charge in [-0.2, -0.15) is 0 Å². The molecular weight excluding hydrogens is 268 g/mol. The van der Waals surface area contributed by atoms with Gasteiger partial charge >= 0.3 is 5.97 Å².